The van der Waals surface area contributed by atoms with Gasteiger partial charge in [0.05, 0.1) is 99.3 Å². The Bertz CT molecular complexity index is 10600. The number of para-hydroxylation sites is 17. The SMILES string of the molecule is c1ccc(-n2c3ccccc3c3cc4c(cc32)c2ccccc2n4-c2nc3ccccc3nc2-c2ccc3ccccc3c2)cc1.c1ccc(-n2c3ccccc3c3cc4c(cc32)c2ccccc2n4-c2nc3ccccc3nc2-c2cccc3c2oc2ccccc23)cc1.c1ccc(-n2c3ccccc3c3cc4c(cc32)c2ccccc2n4-c2nc3ccccc3nc2-c2cccc3ccccc23)cc1. The first-order valence-corrected chi connectivity index (χ1v) is 47.7. The third kappa shape index (κ3) is 12.5. The molecule has 0 unspecified atom stereocenters. The van der Waals surface area contributed by atoms with Gasteiger partial charge in [0.25, 0.3) is 0 Å². The molecule has 0 amide bonds. The first kappa shape index (κ1) is 79.2. The minimum absolute atomic E-state index is 0.768. The van der Waals surface area contributed by atoms with E-state index in [2.05, 4.69) is 434 Å². The van der Waals surface area contributed by atoms with Gasteiger partial charge < -0.3 is 18.1 Å². The molecule has 10 aromatic heterocycles. The molecule has 13 nitrogen and oxygen atoms in total. The van der Waals surface area contributed by atoms with Crippen LogP contribution in [-0.2, 0) is 0 Å². The number of fused-ring (bicyclic) bond motifs is 26. The van der Waals surface area contributed by atoms with Crippen LogP contribution in [0.3, 0.4) is 0 Å². The van der Waals surface area contributed by atoms with Gasteiger partial charge in [-0.2, -0.15) is 0 Å². The van der Waals surface area contributed by atoms with Gasteiger partial charge in [-0.05, 0) is 185 Å². The predicted molar refractivity (Wildman–Crippen MR) is 583 cm³/mol. The van der Waals surface area contributed by atoms with Crippen LogP contribution in [0.2, 0.25) is 0 Å². The zero-order valence-electron chi connectivity index (χ0n) is 75.8. The molecular weight excluding hydrogens is 1720 g/mol. The van der Waals surface area contributed by atoms with E-state index in [0.717, 1.165) is 173 Å². The summed E-state index contributed by atoms with van der Waals surface area (Å²) < 4.78 is 20.7. The zero-order chi connectivity index (χ0) is 92.4. The van der Waals surface area contributed by atoms with Crippen molar-refractivity contribution in [3.63, 3.8) is 0 Å². The summed E-state index contributed by atoms with van der Waals surface area (Å²) in [6.07, 6.45) is 0. The highest BCUT2D eigenvalue weighted by Crippen LogP contribution is 2.48. The quantitative estimate of drug-likeness (QED) is 0.141. The maximum atomic E-state index is 6.57. The van der Waals surface area contributed by atoms with Crippen LogP contribution in [0.4, 0.5) is 0 Å². The van der Waals surface area contributed by atoms with Gasteiger partial charge in [-0.3, -0.25) is 13.7 Å². The minimum atomic E-state index is 0.768. The number of furan rings is 1. The van der Waals surface area contributed by atoms with Crippen LogP contribution in [0.5, 0.6) is 0 Å². The van der Waals surface area contributed by atoms with Crippen LogP contribution in [0.25, 0.3) is 276 Å². The molecule has 0 N–H and O–H groups in total. The molecule has 21 aromatic carbocycles. The second kappa shape index (κ2) is 31.7. The predicted octanol–water partition coefficient (Wildman–Crippen LogP) is 32.7. The summed E-state index contributed by atoms with van der Waals surface area (Å²) in [7, 11) is 0. The van der Waals surface area contributed by atoms with Gasteiger partial charge in [0.1, 0.15) is 28.2 Å². The molecule has 31 aromatic rings. The lowest BCUT2D eigenvalue weighted by molar-refractivity contribution is 0.669. The first-order valence-electron chi connectivity index (χ1n) is 47.7. The molecular formula is C128H78N12O. The number of hydrogen-bond acceptors (Lipinski definition) is 7. The smallest absolute Gasteiger partial charge is 0.165 e. The fourth-order valence-electron chi connectivity index (χ4n) is 22.2. The lowest BCUT2D eigenvalue weighted by Gasteiger charge is -2.15. The monoisotopic (exact) mass is 1800 g/mol. The van der Waals surface area contributed by atoms with Crippen LogP contribution < -0.4 is 0 Å². The van der Waals surface area contributed by atoms with Crippen molar-refractivity contribution in [3.8, 4) is 68.3 Å². The summed E-state index contributed by atoms with van der Waals surface area (Å²) in [6.45, 7) is 0. The van der Waals surface area contributed by atoms with Gasteiger partial charge in [-0.25, -0.2) is 29.9 Å². The Kier molecular flexibility index (Phi) is 17.8. The van der Waals surface area contributed by atoms with E-state index in [1.54, 1.807) is 0 Å². The highest BCUT2D eigenvalue weighted by atomic mass is 16.3. The van der Waals surface area contributed by atoms with E-state index in [9.17, 15) is 0 Å². The highest BCUT2D eigenvalue weighted by molar-refractivity contribution is 6.24. The van der Waals surface area contributed by atoms with Crippen molar-refractivity contribution in [1.29, 1.82) is 0 Å². The van der Waals surface area contributed by atoms with Crippen LogP contribution in [0.15, 0.2) is 478 Å². The summed E-state index contributed by atoms with van der Waals surface area (Å²) in [4.78, 5) is 32.1. The average molecular weight is 1800 g/mol. The summed E-state index contributed by atoms with van der Waals surface area (Å²) in [6, 6.07) is 167. The summed E-state index contributed by atoms with van der Waals surface area (Å²) >= 11 is 0. The second-order valence-electron chi connectivity index (χ2n) is 36.3. The Morgan fingerprint density at radius 1 is 0.156 bits per heavy atom. The van der Waals surface area contributed by atoms with Crippen molar-refractivity contribution in [1.82, 2.24) is 57.3 Å². The Labute approximate surface area is 805 Å². The molecule has 0 radical (unpaired) electrons. The van der Waals surface area contributed by atoms with E-state index < -0.39 is 0 Å². The molecule has 141 heavy (non-hydrogen) atoms. The molecule has 0 saturated carbocycles. The molecule has 656 valence electrons. The lowest BCUT2D eigenvalue weighted by atomic mass is 10.0. The Morgan fingerprint density at radius 2 is 0.433 bits per heavy atom. The highest BCUT2D eigenvalue weighted by Gasteiger charge is 2.29. The van der Waals surface area contributed by atoms with E-state index >= 15 is 0 Å². The first-order chi connectivity index (χ1) is 70.0. The average Bonchev–Trinajstić information content (AvgIpc) is 1.55. The van der Waals surface area contributed by atoms with Crippen molar-refractivity contribution in [2.75, 3.05) is 0 Å². The molecule has 0 aliphatic rings. The Hall–Kier alpha value is -19.2. The van der Waals surface area contributed by atoms with Gasteiger partial charge in [0, 0.05) is 109 Å². The van der Waals surface area contributed by atoms with E-state index in [1.165, 1.54) is 103 Å². The maximum absolute atomic E-state index is 6.57. The normalized spacial score (nSPS) is 12.0. The molecule has 13 heteroatoms. The zero-order valence-corrected chi connectivity index (χ0v) is 75.8. The van der Waals surface area contributed by atoms with Gasteiger partial charge in [-0.15, -0.1) is 0 Å². The largest absolute Gasteiger partial charge is 0.455 e. The topological polar surface area (TPSA) is 120 Å². The van der Waals surface area contributed by atoms with Crippen LogP contribution in [0.1, 0.15) is 0 Å². The van der Waals surface area contributed by atoms with Gasteiger partial charge in [0.2, 0.25) is 0 Å². The van der Waals surface area contributed by atoms with E-state index in [0.29, 0.717) is 0 Å². The molecule has 31 rings (SSSR count). The van der Waals surface area contributed by atoms with Gasteiger partial charge >= 0.3 is 0 Å². The summed E-state index contributed by atoms with van der Waals surface area (Å²) in [5.41, 5.74) is 29.5. The van der Waals surface area contributed by atoms with E-state index in [-0.39, 0.29) is 0 Å². The maximum Gasteiger partial charge on any atom is 0.165 e. The fourth-order valence-corrected chi connectivity index (χ4v) is 22.2. The Balaban J connectivity index is 0.000000101. The number of nitrogens with zero attached hydrogens (tertiary/aromatic N) is 12. The minimum Gasteiger partial charge on any atom is -0.455 e. The van der Waals surface area contributed by atoms with Crippen molar-refractivity contribution in [2.45, 2.75) is 0 Å². The molecule has 0 bridgehead atoms. The number of hydrogen-bond donors (Lipinski definition) is 0. The molecule has 10 heterocycles. The molecule has 0 fully saturated rings. The molecule has 0 atom stereocenters. The third-order valence-electron chi connectivity index (χ3n) is 28.5. The number of benzene rings is 21. The third-order valence-corrected chi connectivity index (χ3v) is 28.5. The second-order valence-corrected chi connectivity index (χ2v) is 36.3. The van der Waals surface area contributed by atoms with E-state index in [1.807, 2.05) is 66.7 Å². The molecule has 0 aliphatic carbocycles. The van der Waals surface area contributed by atoms with Crippen molar-refractivity contribution < 1.29 is 4.42 Å². The molecule has 0 saturated heterocycles. The van der Waals surface area contributed by atoms with Crippen LogP contribution in [0, 0.1) is 0 Å². The molecule has 0 aliphatic heterocycles. The van der Waals surface area contributed by atoms with Crippen molar-refractivity contribution >= 4 is 207 Å². The Morgan fingerprint density at radius 3 is 0.844 bits per heavy atom. The fraction of sp³-hybridized carbons (Fsp3) is 0. The molecule has 0 spiro atoms. The van der Waals surface area contributed by atoms with Crippen molar-refractivity contribution in [3.05, 3.63) is 473 Å². The standard InChI is InChI=1S/C44H26N4O.2C42H26N4/c1-2-13-27(14-3-1)47-37-22-9-4-15-28(37)33-26-40-34(25-39(33)47)29-16-5-10-23-38(29)48(40)44-42(45-35-20-7-8-21-36(35)46-44)32-19-12-18-31-30-17-6-11-24-41(30)49-43(31)32;1-2-15-28(16-3-1)45-37-23-10-6-18-30(37)33-26-40-34(25-39(33)45)31-19-7-11-24-38(31)46(40)42-41(43-35-21-8-9-22-36(35)44-42)32-20-12-14-27-13-4-5-17-29(27)32;1-2-14-30(15-3-1)45-37-20-10-6-16-31(37)33-26-40-34(25-39(33)45)32-17-7-11-21-38(32)46(40)42-41(43-35-18-8-9-19-36(35)44-42)29-23-22-27-12-4-5-13-28(27)24-29/h1-26H;2*1-26H. The van der Waals surface area contributed by atoms with Gasteiger partial charge in [0.15, 0.2) is 17.5 Å². The van der Waals surface area contributed by atoms with Crippen LogP contribution in [-0.4, -0.2) is 57.3 Å². The number of aromatic nitrogens is 12. The van der Waals surface area contributed by atoms with Gasteiger partial charge in [-0.1, -0.05) is 309 Å². The van der Waals surface area contributed by atoms with Crippen molar-refractivity contribution in [2.24, 2.45) is 0 Å². The van der Waals surface area contributed by atoms with E-state index in [4.69, 9.17) is 34.3 Å². The number of rotatable bonds is 9. The summed E-state index contributed by atoms with van der Waals surface area (Å²) in [5, 5.41) is 21.2. The summed E-state index contributed by atoms with van der Waals surface area (Å²) in [5.74, 6) is 2.42. The lowest BCUT2D eigenvalue weighted by Crippen LogP contribution is -2.04. The van der Waals surface area contributed by atoms with Crippen LogP contribution >= 0.6 is 0 Å².